The van der Waals surface area contributed by atoms with Crippen LogP contribution in [0.15, 0.2) is 29.2 Å². The first-order valence-electron chi connectivity index (χ1n) is 9.40. The maximum Gasteiger partial charge on any atom is 0.224 e. The Morgan fingerprint density at radius 3 is 2.42 bits per heavy atom. The molecule has 1 saturated heterocycles. The van der Waals surface area contributed by atoms with Crippen LogP contribution in [0.25, 0.3) is 0 Å². The van der Waals surface area contributed by atoms with Crippen LogP contribution in [-0.4, -0.2) is 39.4 Å². The van der Waals surface area contributed by atoms with Crippen molar-refractivity contribution in [3.8, 4) is 5.75 Å². The van der Waals surface area contributed by atoms with Crippen LogP contribution in [0.3, 0.4) is 0 Å². The predicted molar refractivity (Wildman–Crippen MR) is 99.7 cm³/mol. The van der Waals surface area contributed by atoms with E-state index in [9.17, 15) is 13.2 Å². The molecule has 0 radical (unpaired) electrons. The van der Waals surface area contributed by atoms with Crippen molar-refractivity contribution in [1.29, 1.82) is 0 Å². The molecule has 1 saturated carbocycles. The van der Waals surface area contributed by atoms with E-state index in [1.54, 1.807) is 31.4 Å². The fraction of sp³-hybridized carbons (Fsp3) is 0.632. The molecule has 0 aromatic heterocycles. The third kappa shape index (κ3) is 3.74. The van der Waals surface area contributed by atoms with Crippen LogP contribution in [-0.2, 0) is 14.6 Å². The van der Waals surface area contributed by atoms with Gasteiger partial charge in [-0.15, -0.1) is 0 Å². The molecule has 0 bridgehead atoms. The van der Waals surface area contributed by atoms with Gasteiger partial charge in [-0.1, -0.05) is 19.3 Å². The van der Waals surface area contributed by atoms with Crippen molar-refractivity contribution in [2.75, 3.05) is 20.2 Å². The van der Waals surface area contributed by atoms with Crippen molar-refractivity contribution in [2.24, 2.45) is 5.92 Å². The molecule has 1 heterocycles. The maximum atomic E-state index is 13.4. The average molecular weight is 381 g/mol. The summed E-state index contributed by atoms with van der Waals surface area (Å²) in [4.78, 5) is 11.8. The first-order valence-corrected chi connectivity index (χ1v) is 10.9. The van der Waals surface area contributed by atoms with Gasteiger partial charge >= 0.3 is 0 Å². The molecule has 1 atom stereocenters. The van der Waals surface area contributed by atoms with E-state index in [4.69, 9.17) is 4.74 Å². The van der Waals surface area contributed by atoms with Gasteiger partial charge in [0.25, 0.3) is 0 Å². The number of sulfone groups is 1. The summed E-state index contributed by atoms with van der Waals surface area (Å²) in [6.07, 6.45) is 6.05. The topological polar surface area (TPSA) is 84.5 Å². The van der Waals surface area contributed by atoms with Crippen molar-refractivity contribution in [2.45, 2.75) is 54.7 Å². The summed E-state index contributed by atoms with van der Waals surface area (Å²) in [6, 6.07) is 6.38. The van der Waals surface area contributed by atoms with Gasteiger partial charge in [-0.25, -0.2) is 8.42 Å². The number of rotatable bonds is 5. The Morgan fingerprint density at radius 2 is 1.85 bits per heavy atom. The van der Waals surface area contributed by atoms with E-state index in [1.807, 2.05) is 0 Å². The molecule has 144 valence electrons. The molecule has 1 amide bonds. The molecule has 1 aliphatic heterocycles. The van der Waals surface area contributed by atoms with E-state index in [0.717, 1.165) is 38.6 Å². The summed E-state index contributed by atoms with van der Waals surface area (Å²) in [5.74, 6) is 0.408. The molecule has 2 aliphatic rings. The van der Waals surface area contributed by atoms with Gasteiger partial charge in [0.05, 0.1) is 12.0 Å². The first-order chi connectivity index (χ1) is 12.5. The average Bonchev–Trinajstić information content (AvgIpc) is 2.69. The molecule has 7 heteroatoms. The van der Waals surface area contributed by atoms with Gasteiger partial charge in [0.1, 0.15) is 5.75 Å². The summed E-state index contributed by atoms with van der Waals surface area (Å²) in [5, 5.41) is 6.11. The van der Waals surface area contributed by atoms with Crippen LogP contribution in [0, 0.1) is 5.92 Å². The summed E-state index contributed by atoms with van der Waals surface area (Å²) >= 11 is 0. The van der Waals surface area contributed by atoms with E-state index in [-0.39, 0.29) is 23.3 Å². The van der Waals surface area contributed by atoms with Crippen molar-refractivity contribution in [1.82, 2.24) is 10.6 Å². The van der Waals surface area contributed by atoms with Crippen molar-refractivity contribution < 1.29 is 17.9 Å². The molecular formula is C19H28N2O4S. The number of piperidine rings is 1. The normalized spacial score (nSPS) is 24.8. The fourth-order valence-electron chi connectivity index (χ4n) is 3.95. The second kappa shape index (κ2) is 7.96. The van der Waals surface area contributed by atoms with Gasteiger partial charge in [-0.3, -0.25) is 4.79 Å². The molecule has 6 nitrogen and oxygen atoms in total. The van der Waals surface area contributed by atoms with Gasteiger partial charge in [-0.05, 0) is 56.5 Å². The number of amides is 1. The number of methoxy groups -OCH3 is 1. The Hall–Kier alpha value is -1.60. The Morgan fingerprint density at radius 1 is 1.15 bits per heavy atom. The van der Waals surface area contributed by atoms with Crippen molar-refractivity contribution in [3.05, 3.63) is 24.3 Å². The zero-order chi connectivity index (χ0) is 18.6. The minimum atomic E-state index is -3.73. The largest absolute Gasteiger partial charge is 0.497 e. The molecule has 1 aromatic carbocycles. The lowest BCUT2D eigenvalue weighted by atomic mass is 9.88. The Kier molecular flexibility index (Phi) is 5.87. The number of ether oxygens (including phenoxy) is 1. The lowest BCUT2D eigenvalue weighted by Crippen LogP contribution is -2.63. The molecule has 3 rings (SSSR count). The Balaban J connectivity index is 1.88. The van der Waals surface area contributed by atoms with Crippen LogP contribution < -0.4 is 15.4 Å². The molecular weight excluding hydrogens is 352 g/mol. The van der Waals surface area contributed by atoms with Gasteiger partial charge in [0.15, 0.2) is 4.87 Å². The van der Waals surface area contributed by atoms with E-state index in [2.05, 4.69) is 10.6 Å². The second-order valence-corrected chi connectivity index (χ2v) is 9.54. The minimum absolute atomic E-state index is 0.0754. The van der Waals surface area contributed by atoms with Gasteiger partial charge in [0, 0.05) is 12.5 Å². The summed E-state index contributed by atoms with van der Waals surface area (Å²) < 4.78 is 32.0. The number of hydrogen-bond donors (Lipinski definition) is 2. The lowest BCUT2D eigenvalue weighted by Gasteiger charge is -2.39. The third-order valence-corrected chi connectivity index (χ3v) is 7.93. The van der Waals surface area contributed by atoms with Gasteiger partial charge in [-0.2, -0.15) is 0 Å². The fourth-order valence-corrected chi connectivity index (χ4v) is 5.84. The quantitative estimate of drug-likeness (QED) is 0.818. The van der Waals surface area contributed by atoms with E-state index < -0.39 is 14.7 Å². The molecule has 1 aliphatic carbocycles. The number of benzene rings is 1. The number of nitrogens with one attached hydrogen (secondary N) is 2. The third-order valence-electron chi connectivity index (χ3n) is 5.56. The highest BCUT2D eigenvalue weighted by Gasteiger charge is 2.47. The zero-order valence-electron chi connectivity index (χ0n) is 15.3. The molecule has 26 heavy (non-hydrogen) atoms. The van der Waals surface area contributed by atoms with E-state index >= 15 is 0 Å². The van der Waals surface area contributed by atoms with Crippen molar-refractivity contribution in [3.63, 3.8) is 0 Å². The molecule has 0 unspecified atom stereocenters. The summed E-state index contributed by atoms with van der Waals surface area (Å²) in [5.41, 5.74) is 0. The Labute approximate surface area is 155 Å². The van der Waals surface area contributed by atoms with Crippen LogP contribution in [0.1, 0.15) is 44.9 Å². The highest BCUT2D eigenvalue weighted by Crippen LogP contribution is 2.32. The SMILES string of the molecule is COc1ccc(S(=O)(=O)[C@@]2(NC(=O)C3CCCCC3)CCCNC2)cc1. The Bertz CT molecular complexity index is 718. The summed E-state index contributed by atoms with van der Waals surface area (Å²) in [7, 11) is -2.19. The highest BCUT2D eigenvalue weighted by molar-refractivity contribution is 7.92. The molecule has 2 N–H and O–H groups in total. The van der Waals surface area contributed by atoms with Gasteiger partial charge < -0.3 is 15.4 Å². The van der Waals surface area contributed by atoms with Crippen LogP contribution >= 0.6 is 0 Å². The smallest absolute Gasteiger partial charge is 0.224 e. The van der Waals surface area contributed by atoms with Crippen LogP contribution in [0.4, 0.5) is 0 Å². The minimum Gasteiger partial charge on any atom is -0.497 e. The monoisotopic (exact) mass is 380 g/mol. The second-order valence-electron chi connectivity index (χ2n) is 7.28. The number of hydrogen-bond acceptors (Lipinski definition) is 5. The number of carbonyl (C=O) groups is 1. The van der Waals surface area contributed by atoms with Crippen LogP contribution in [0.2, 0.25) is 0 Å². The van der Waals surface area contributed by atoms with E-state index in [1.165, 1.54) is 0 Å². The standard InChI is InChI=1S/C19H28N2O4S/c1-25-16-8-10-17(11-9-16)26(23,24)19(12-5-13-20-14-19)21-18(22)15-6-3-2-4-7-15/h8-11,15,20H,2-7,12-14H2,1H3,(H,21,22)/t19-/m0/s1. The number of carbonyl (C=O) groups excluding carboxylic acids is 1. The molecule has 0 spiro atoms. The highest BCUT2D eigenvalue weighted by atomic mass is 32.2. The lowest BCUT2D eigenvalue weighted by molar-refractivity contribution is -0.127. The van der Waals surface area contributed by atoms with Crippen LogP contribution in [0.5, 0.6) is 5.75 Å². The zero-order valence-corrected chi connectivity index (χ0v) is 16.1. The van der Waals surface area contributed by atoms with Gasteiger partial charge in [0.2, 0.25) is 15.7 Å². The van der Waals surface area contributed by atoms with Crippen molar-refractivity contribution >= 4 is 15.7 Å². The first kappa shape index (κ1) is 19.2. The van der Waals surface area contributed by atoms with E-state index in [0.29, 0.717) is 18.6 Å². The predicted octanol–water partition coefficient (Wildman–Crippen LogP) is 2.25. The maximum absolute atomic E-state index is 13.4. The molecule has 1 aromatic rings. The molecule has 2 fully saturated rings. The summed E-state index contributed by atoms with van der Waals surface area (Å²) in [6.45, 7) is 0.999.